The van der Waals surface area contributed by atoms with Crippen molar-refractivity contribution in [3.05, 3.63) is 18.1 Å². The number of piperidine rings is 1. The van der Waals surface area contributed by atoms with Crippen LogP contribution >= 0.6 is 0 Å². The minimum atomic E-state index is 0.741. The Morgan fingerprint density at radius 3 is 3.19 bits per heavy atom. The van der Waals surface area contributed by atoms with Gasteiger partial charge in [0.2, 0.25) is 5.65 Å². The van der Waals surface area contributed by atoms with Crippen molar-refractivity contribution in [3.8, 4) is 0 Å². The van der Waals surface area contributed by atoms with Crippen LogP contribution in [0.4, 0.5) is 5.69 Å². The molecule has 6 heteroatoms. The first-order chi connectivity index (χ1) is 10.3. The fraction of sp³-hybridized carbons (Fsp3) is 0.667. The summed E-state index contributed by atoms with van der Waals surface area (Å²) < 4.78 is 6.94. The number of aryl methyl sites for hydroxylation is 1. The molecule has 0 radical (unpaired) electrons. The average Bonchev–Trinajstić information content (AvgIpc) is 2.95. The summed E-state index contributed by atoms with van der Waals surface area (Å²) >= 11 is 0. The van der Waals surface area contributed by atoms with Crippen LogP contribution in [0.25, 0.3) is 5.65 Å². The molecule has 2 aromatic rings. The first-order valence-corrected chi connectivity index (χ1v) is 7.69. The third-order valence-corrected chi connectivity index (χ3v) is 4.19. The molecule has 0 aromatic carbocycles. The van der Waals surface area contributed by atoms with E-state index in [1.54, 1.807) is 18.0 Å². The molecule has 3 rings (SSSR count). The molecule has 1 fully saturated rings. The van der Waals surface area contributed by atoms with Crippen LogP contribution in [0.2, 0.25) is 0 Å². The van der Waals surface area contributed by atoms with Crippen LogP contribution < -0.4 is 4.90 Å². The van der Waals surface area contributed by atoms with Gasteiger partial charge < -0.3 is 9.64 Å². The van der Waals surface area contributed by atoms with Gasteiger partial charge in [0.15, 0.2) is 0 Å². The molecule has 2 aromatic heterocycles. The summed E-state index contributed by atoms with van der Waals surface area (Å²) in [6.45, 7) is 5.06. The molecule has 0 amide bonds. The van der Waals surface area contributed by atoms with E-state index in [-0.39, 0.29) is 0 Å². The molecule has 0 bridgehead atoms. The zero-order chi connectivity index (χ0) is 14.7. The first kappa shape index (κ1) is 14.3. The summed E-state index contributed by atoms with van der Waals surface area (Å²) in [7, 11) is 1.77. The smallest absolute Gasteiger partial charge is 0.200 e. The van der Waals surface area contributed by atoms with E-state index in [4.69, 9.17) is 4.74 Å². The zero-order valence-electron chi connectivity index (χ0n) is 12.8. The molecule has 0 N–H and O–H groups in total. The molecule has 0 aliphatic carbocycles. The van der Waals surface area contributed by atoms with Gasteiger partial charge in [0.25, 0.3) is 0 Å². The van der Waals surface area contributed by atoms with Crippen LogP contribution in [0.1, 0.15) is 31.4 Å². The van der Waals surface area contributed by atoms with E-state index in [1.165, 1.54) is 19.3 Å². The van der Waals surface area contributed by atoms with E-state index in [9.17, 15) is 0 Å². The fourth-order valence-corrected chi connectivity index (χ4v) is 3.20. The van der Waals surface area contributed by atoms with E-state index in [0.717, 1.165) is 49.1 Å². The molecule has 114 valence electrons. The number of rotatable bonds is 5. The SMILES string of the molecule is COCCCC1CCCN(c2cc(C)nn3cnnc23)C1. The van der Waals surface area contributed by atoms with Gasteiger partial charge in [-0.1, -0.05) is 0 Å². The number of fused-ring (bicyclic) bond motifs is 1. The second-order valence-electron chi connectivity index (χ2n) is 5.86. The van der Waals surface area contributed by atoms with Crippen LogP contribution in [-0.2, 0) is 4.74 Å². The van der Waals surface area contributed by atoms with Gasteiger partial charge in [0.05, 0.1) is 11.4 Å². The van der Waals surface area contributed by atoms with E-state index in [0.29, 0.717) is 0 Å². The molecule has 1 unspecified atom stereocenters. The van der Waals surface area contributed by atoms with Crippen molar-refractivity contribution in [2.75, 3.05) is 31.7 Å². The number of methoxy groups -OCH3 is 1. The number of nitrogens with zero attached hydrogens (tertiary/aromatic N) is 5. The van der Waals surface area contributed by atoms with Crippen LogP contribution in [0, 0.1) is 12.8 Å². The third kappa shape index (κ3) is 3.15. The second-order valence-corrected chi connectivity index (χ2v) is 5.86. The summed E-state index contributed by atoms with van der Waals surface area (Å²) in [5, 5.41) is 12.6. The normalized spacial score (nSPS) is 19.3. The highest BCUT2D eigenvalue weighted by Gasteiger charge is 2.22. The molecule has 0 spiro atoms. The standard InChI is InChI=1S/C15H23N5O/c1-12-9-14(15-17-16-11-20(15)18-12)19-7-3-5-13(10-19)6-4-8-21-2/h9,11,13H,3-8,10H2,1-2H3. The zero-order valence-corrected chi connectivity index (χ0v) is 12.8. The molecule has 21 heavy (non-hydrogen) atoms. The monoisotopic (exact) mass is 289 g/mol. The number of hydrogen-bond acceptors (Lipinski definition) is 5. The summed E-state index contributed by atoms with van der Waals surface area (Å²) in [4.78, 5) is 2.44. The Kier molecular flexibility index (Phi) is 4.34. The lowest BCUT2D eigenvalue weighted by atomic mass is 9.93. The van der Waals surface area contributed by atoms with Crippen molar-refractivity contribution in [2.45, 2.75) is 32.6 Å². The van der Waals surface area contributed by atoms with Crippen molar-refractivity contribution in [1.29, 1.82) is 0 Å². The maximum atomic E-state index is 5.16. The summed E-state index contributed by atoms with van der Waals surface area (Å²) in [5.41, 5.74) is 3.02. The first-order valence-electron chi connectivity index (χ1n) is 7.69. The lowest BCUT2D eigenvalue weighted by Crippen LogP contribution is -2.36. The predicted octanol–water partition coefficient (Wildman–Crippen LogP) is 2.08. The maximum Gasteiger partial charge on any atom is 0.200 e. The number of anilines is 1. The van der Waals surface area contributed by atoms with Crippen LogP contribution in [0.15, 0.2) is 12.4 Å². The second kappa shape index (κ2) is 6.39. The quantitative estimate of drug-likeness (QED) is 0.789. The van der Waals surface area contributed by atoms with Crippen molar-refractivity contribution >= 4 is 11.3 Å². The Morgan fingerprint density at radius 1 is 1.43 bits per heavy atom. The van der Waals surface area contributed by atoms with E-state index in [1.807, 2.05) is 6.92 Å². The molecule has 1 aliphatic heterocycles. The molecular formula is C15H23N5O. The highest BCUT2D eigenvalue weighted by molar-refractivity contribution is 5.68. The summed E-state index contributed by atoms with van der Waals surface area (Å²) in [6.07, 6.45) is 6.60. The van der Waals surface area contributed by atoms with Crippen LogP contribution in [0.5, 0.6) is 0 Å². The highest BCUT2D eigenvalue weighted by Crippen LogP contribution is 2.28. The third-order valence-electron chi connectivity index (χ3n) is 4.19. The fourth-order valence-electron chi connectivity index (χ4n) is 3.20. The largest absolute Gasteiger partial charge is 0.385 e. The molecule has 1 saturated heterocycles. The Bertz CT molecular complexity index is 597. The van der Waals surface area contributed by atoms with Gasteiger partial charge in [-0.05, 0) is 44.6 Å². The molecule has 0 saturated carbocycles. The van der Waals surface area contributed by atoms with Crippen LogP contribution in [0.3, 0.4) is 0 Å². The van der Waals surface area contributed by atoms with Gasteiger partial charge in [-0.3, -0.25) is 0 Å². The average molecular weight is 289 g/mol. The molecule has 3 heterocycles. The highest BCUT2D eigenvalue weighted by atomic mass is 16.5. The molecular weight excluding hydrogens is 266 g/mol. The minimum absolute atomic E-state index is 0.741. The molecule has 1 aliphatic rings. The Labute approximate surface area is 125 Å². The number of aromatic nitrogens is 4. The summed E-state index contributed by atoms with van der Waals surface area (Å²) in [5.74, 6) is 0.741. The van der Waals surface area contributed by atoms with Crippen LogP contribution in [-0.4, -0.2) is 46.6 Å². The maximum absolute atomic E-state index is 5.16. The summed E-state index contributed by atoms with van der Waals surface area (Å²) in [6, 6.07) is 2.13. The lowest BCUT2D eigenvalue weighted by molar-refractivity contribution is 0.184. The van der Waals surface area contributed by atoms with Gasteiger partial charge in [0, 0.05) is 26.8 Å². The predicted molar refractivity (Wildman–Crippen MR) is 81.6 cm³/mol. The Balaban J connectivity index is 1.77. The molecule has 1 atom stereocenters. The van der Waals surface area contributed by atoms with Crippen molar-refractivity contribution < 1.29 is 4.74 Å². The van der Waals surface area contributed by atoms with Gasteiger partial charge >= 0.3 is 0 Å². The van der Waals surface area contributed by atoms with Crippen molar-refractivity contribution in [2.24, 2.45) is 5.92 Å². The van der Waals surface area contributed by atoms with E-state index < -0.39 is 0 Å². The van der Waals surface area contributed by atoms with Crippen molar-refractivity contribution in [3.63, 3.8) is 0 Å². The Morgan fingerprint density at radius 2 is 2.33 bits per heavy atom. The van der Waals surface area contributed by atoms with E-state index >= 15 is 0 Å². The van der Waals surface area contributed by atoms with Gasteiger partial charge in [-0.15, -0.1) is 10.2 Å². The van der Waals surface area contributed by atoms with Gasteiger partial charge in [0.1, 0.15) is 6.33 Å². The lowest BCUT2D eigenvalue weighted by Gasteiger charge is -2.34. The Hall–Kier alpha value is -1.69. The molecule has 6 nitrogen and oxygen atoms in total. The van der Waals surface area contributed by atoms with Gasteiger partial charge in [-0.2, -0.15) is 9.61 Å². The minimum Gasteiger partial charge on any atom is -0.385 e. The number of hydrogen-bond donors (Lipinski definition) is 0. The van der Waals surface area contributed by atoms with Crippen molar-refractivity contribution in [1.82, 2.24) is 19.8 Å². The van der Waals surface area contributed by atoms with E-state index in [2.05, 4.69) is 26.3 Å². The van der Waals surface area contributed by atoms with Gasteiger partial charge in [-0.25, -0.2) is 0 Å². The topological polar surface area (TPSA) is 55.5 Å². The number of ether oxygens (including phenoxy) is 1.